The summed E-state index contributed by atoms with van der Waals surface area (Å²) in [6.07, 6.45) is 0. The molecule has 8 heavy (non-hydrogen) atoms. The summed E-state index contributed by atoms with van der Waals surface area (Å²) in [5.41, 5.74) is 0. The van der Waals surface area contributed by atoms with Crippen LogP contribution in [0.1, 0.15) is 0 Å². The molecule has 0 fully saturated rings. The Labute approximate surface area is 74.0 Å². The van der Waals surface area contributed by atoms with E-state index in [1.807, 2.05) is 0 Å². The summed E-state index contributed by atoms with van der Waals surface area (Å²) in [5.74, 6) is 1.89. The van der Waals surface area contributed by atoms with Gasteiger partial charge in [0, 0.05) is 16.8 Å². The van der Waals surface area contributed by atoms with Gasteiger partial charge in [0.25, 0.3) is 0 Å². The Balaban J connectivity index is 3.07. The predicted molar refractivity (Wildman–Crippen MR) is 55.7 cm³/mol. The fourth-order valence-electron chi connectivity index (χ4n) is 0.200. The zero-order chi connectivity index (χ0) is 6.41. The van der Waals surface area contributed by atoms with Gasteiger partial charge < -0.3 is 0 Å². The summed E-state index contributed by atoms with van der Waals surface area (Å²) in [6.45, 7) is 0. The van der Waals surface area contributed by atoms with Crippen LogP contribution >= 0.6 is 57.5 Å². The van der Waals surface area contributed by atoms with Crippen molar-refractivity contribution in [2.75, 3.05) is 11.5 Å². The Hall–Kier alpha value is 1.75. The van der Waals surface area contributed by atoms with Crippen molar-refractivity contribution < 1.29 is 0 Å². The van der Waals surface area contributed by atoms with Crippen LogP contribution in [-0.2, 0) is 0 Å². The first-order chi connectivity index (χ1) is 3.85. The van der Waals surface area contributed by atoms with E-state index in [0.717, 1.165) is 11.5 Å². The van der Waals surface area contributed by atoms with Crippen molar-refractivity contribution in [1.82, 2.24) is 0 Å². The molecule has 0 aromatic heterocycles. The van der Waals surface area contributed by atoms with Gasteiger partial charge in [-0.05, 0) is 0 Å². The number of hydrogen-bond donors (Lipinski definition) is 3. The average molecular weight is 204 g/mol. The van der Waals surface area contributed by atoms with Crippen LogP contribution < -0.4 is 0 Å². The largest absolute Gasteiger partial charge is 0.178 e. The molecule has 0 rings (SSSR count). The average Bonchev–Trinajstić information content (AvgIpc) is 1.83. The second-order valence-electron chi connectivity index (χ2n) is 1.21. The quantitative estimate of drug-likeness (QED) is 0.475. The van der Waals surface area contributed by atoms with Gasteiger partial charge in [-0.1, -0.05) is 21.6 Å². The maximum absolute atomic E-state index is 4.11. The van der Waals surface area contributed by atoms with E-state index in [0.29, 0.717) is 5.25 Å². The van der Waals surface area contributed by atoms with Crippen molar-refractivity contribution in [3.8, 4) is 0 Å². The second-order valence-corrected chi connectivity index (χ2v) is 4.45. The van der Waals surface area contributed by atoms with Gasteiger partial charge in [0.05, 0.1) is 0 Å². The van der Waals surface area contributed by atoms with Crippen LogP contribution in [0, 0.1) is 0 Å². The monoisotopic (exact) mass is 204 g/mol. The second kappa shape index (κ2) is 6.86. The lowest BCUT2D eigenvalue weighted by atomic mass is 10.6. The van der Waals surface area contributed by atoms with E-state index in [-0.39, 0.29) is 0 Å². The van der Waals surface area contributed by atoms with Gasteiger partial charge in [-0.25, -0.2) is 0 Å². The van der Waals surface area contributed by atoms with E-state index in [2.05, 4.69) is 36.0 Å². The van der Waals surface area contributed by atoms with Crippen molar-refractivity contribution in [2.45, 2.75) is 5.25 Å². The molecule has 0 N–H and O–H groups in total. The van der Waals surface area contributed by atoms with Crippen LogP contribution in [0.2, 0.25) is 0 Å². The topological polar surface area (TPSA) is 0 Å². The molecule has 0 bridgehead atoms. The minimum atomic E-state index is 0.532. The summed E-state index contributed by atoms with van der Waals surface area (Å²) in [4.78, 5) is 0. The molecule has 1 unspecified atom stereocenters. The lowest BCUT2D eigenvalue weighted by Gasteiger charge is -2.05. The molecule has 50 valence electrons. The summed E-state index contributed by atoms with van der Waals surface area (Å²) in [7, 11) is 3.08. The Morgan fingerprint density at radius 1 is 1.38 bits per heavy atom. The normalized spacial score (nSPS) is 13.9. The number of thiol groups is 3. The molecule has 0 nitrogen and oxygen atoms in total. The SMILES string of the molecule is SCC(CSS)SS. The van der Waals surface area contributed by atoms with E-state index < -0.39 is 0 Å². The fraction of sp³-hybridized carbons (Fsp3) is 1.00. The maximum atomic E-state index is 4.11. The van der Waals surface area contributed by atoms with Crippen molar-refractivity contribution >= 4 is 57.5 Å². The van der Waals surface area contributed by atoms with Crippen LogP contribution in [0.15, 0.2) is 0 Å². The standard InChI is InChI=1S/C3H8S5/c4-1-3(8-6)2-7-5/h3-6H,1-2H2. The Bertz CT molecular complexity index is 42.9. The third kappa shape index (κ3) is 4.61. The molecule has 0 aromatic rings. The fourth-order valence-corrected chi connectivity index (χ4v) is 3.49. The molecule has 0 spiro atoms. The van der Waals surface area contributed by atoms with Crippen molar-refractivity contribution in [3.05, 3.63) is 0 Å². The third-order valence-corrected chi connectivity index (χ3v) is 4.04. The van der Waals surface area contributed by atoms with Crippen LogP contribution in [-0.4, -0.2) is 16.8 Å². The highest BCUT2D eigenvalue weighted by Crippen LogP contribution is 2.21. The van der Waals surface area contributed by atoms with Gasteiger partial charge in [-0.15, -0.1) is 23.3 Å². The highest BCUT2D eigenvalue weighted by atomic mass is 33.1. The van der Waals surface area contributed by atoms with Gasteiger partial charge >= 0.3 is 0 Å². The molecule has 0 saturated heterocycles. The summed E-state index contributed by atoms with van der Waals surface area (Å²) in [5, 5.41) is 0.532. The number of rotatable bonds is 4. The minimum absolute atomic E-state index is 0.532. The molecule has 0 amide bonds. The first-order valence-corrected chi connectivity index (χ1v) is 6.62. The zero-order valence-corrected chi connectivity index (χ0v) is 8.47. The maximum Gasteiger partial charge on any atom is 0.0335 e. The smallest absolute Gasteiger partial charge is 0.0335 e. The van der Waals surface area contributed by atoms with Crippen molar-refractivity contribution in [2.24, 2.45) is 0 Å². The van der Waals surface area contributed by atoms with Crippen LogP contribution in [0.5, 0.6) is 0 Å². The molecule has 5 heteroatoms. The van der Waals surface area contributed by atoms with Gasteiger partial charge in [-0.3, -0.25) is 0 Å². The van der Waals surface area contributed by atoms with Gasteiger partial charge in [-0.2, -0.15) is 12.6 Å². The minimum Gasteiger partial charge on any atom is -0.178 e. The zero-order valence-electron chi connectivity index (χ0n) is 4.15. The van der Waals surface area contributed by atoms with Crippen molar-refractivity contribution in [3.63, 3.8) is 0 Å². The highest BCUT2D eigenvalue weighted by Gasteiger charge is 2.02. The lowest BCUT2D eigenvalue weighted by molar-refractivity contribution is 1.17. The molecule has 0 aliphatic carbocycles. The highest BCUT2D eigenvalue weighted by molar-refractivity contribution is 8.70. The Morgan fingerprint density at radius 2 is 2.00 bits per heavy atom. The van der Waals surface area contributed by atoms with Gasteiger partial charge in [0.2, 0.25) is 0 Å². The summed E-state index contributed by atoms with van der Waals surface area (Å²) >= 11 is 12.2. The first-order valence-electron chi connectivity index (χ1n) is 2.02. The van der Waals surface area contributed by atoms with E-state index >= 15 is 0 Å². The van der Waals surface area contributed by atoms with Gasteiger partial charge in [0.15, 0.2) is 0 Å². The van der Waals surface area contributed by atoms with E-state index in [9.17, 15) is 0 Å². The molecule has 0 aliphatic heterocycles. The molecule has 1 atom stereocenters. The molecular formula is C3H8S5. The van der Waals surface area contributed by atoms with E-state index in [4.69, 9.17) is 0 Å². The van der Waals surface area contributed by atoms with E-state index in [1.54, 1.807) is 10.8 Å². The molecule has 0 radical (unpaired) electrons. The Kier molecular flexibility index (Phi) is 8.37. The van der Waals surface area contributed by atoms with Gasteiger partial charge in [0.1, 0.15) is 0 Å². The third-order valence-electron chi connectivity index (χ3n) is 0.613. The molecule has 0 aromatic carbocycles. The number of hydrogen-bond acceptors (Lipinski definition) is 5. The van der Waals surface area contributed by atoms with Crippen molar-refractivity contribution in [1.29, 1.82) is 0 Å². The molecule has 0 saturated carbocycles. The van der Waals surface area contributed by atoms with Crippen LogP contribution in [0.25, 0.3) is 0 Å². The Morgan fingerprint density at radius 3 is 2.12 bits per heavy atom. The molecular weight excluding hydrogens is 196 g/mol. The lowest BCUT2D eigenvalue weighted by Crippen LogP contribution is -2.04. The van der Waals surface area contributed by atoms with Crippen LogP contribution in [0.3, 0.4) is 0 Å². The molecule has 0 heterocycles. The summed E-state index contributed by atoms with van der Waals surface area (Å²) < 4.78 is 0. The van der Waals surface area contributed by atoms with E-state index in [1.165, 1.54) is 10.8 Å². The first kappa shape index (κ1) is 9.75. The molecule has 0 aliphatic rings. The predicted octanol–water partition coefficient (Wildman–Crippen LogP) is 2.44. The van der Waals surface area contributed by atoms with Crippen LogP contribution in [0.4, 0.5) is 0 Å². The summed E-state index contributed by atoms with van der Waals surface area (Å²) in [6, 6.07) is 0.